The highest BCUT2D eigenvalue weighted by molar-refractivity contribution is 5.70. The molecule has 0 amide bonds. The summed E-state index contributed by atoms with van der Waals surface area (Å²) < 4.78 is 0. The predicted octanol–water partition coefficient (Wildman–Crippen LogP) is 6.06. The zero-order chi connectivity index (χ0) is 16.7. The molecule has 124 valence electrons. The van der Waals surface area contributed by atoms with Crippen LogP contribution in [0, 0.1) is 5.92 Å². The van der Waals surface area contributed by atoms with Gasteiger partial charge in [0.25, 0.3) is 0 Å². The van der Waals surface area contributed by atoms with Crippen LogP contribution in [0.2, 0.25) is 0 Å². The molecular weight excluding hydrogens is 256 g/mol. The second kappa shape index (κ2) is 15.3. The lowest BCUT2D eigenvalue weighted by atomic mass is 10.1. The summed E-state index contributed by atoms with van der Waals surface area (Å²) in [4.78, 5) is 6.68. The van der Waals surface area contributed by atoms with Crippen molar-refractivity contribution in [3.8, 4) is 0 Å². The largest absolute Gasteiger partial charge is 0.354 e. The van der Waals surface area contributed by atoms with Crippen LogP contribution in [0.1, 0.15) is 74.1 Å². The van der Waals surface area contributed by atoms with Gasteiger partial charge in [-0.3, -0.25) is 4.99 Å². The fourth-order valence-corrected chi connectivity index (χ4v) is 1.73. The lowest BCUT2D eigenvalue weighted by molar-refractivity contribution is 0.264. The Morgan fingerprint density at radius 2 is 1.71 bits per heavy atom. The average molecular weight is 295 g/mol. The molecule has 0 N–H and O–H groups in total. The Bertz CT molecular complexity index is 287. The van der Waals surface area contributed by atoms with Crippen molar-refractivity contribution >= 4 is 6.21 Å². The number of hydrogen-bond donors (Lipinski definition) is 0. The molecule has 0 spiro atoms. The van der Waals surface area contributed by atoms with Crippen LogP contribution in [-0.2, 0) is 0 Å². The van der Waals surface area contributed by atoms with E-state index in [1.807, 2.05) is 12.3 Å². The second-order valence-electron chi connectivity index (χ2n) is 6.26. The van der Waals surface area contributed by atoms with E-state index in [9.17, 15) is 0 Å². The van der Waals surface area contributed by atoms with Gasteiger partial charge in [0.15, 0.2) is 0 Å². The van der Waals surface area contributed by atoms with Gasteiger partial charge >= 0.3 is 0 Å². The standard InChI is InChI=1S/C15H28N2.C4H10/c1-6-8-9-10-12-16-13-17(14(3)4)15(5)11-7-2;1-4(2)3/h9-10,12,15H,3,6-8,11,13H2,1-2,4-5H3;4H,1-3H3/b10-9+,16-12-;. The minimum atomic E-state index is 0.522. The van der Waals surface area contributed by atoms with Crippen LogP contribution in [0.3, 0.4) is 0 Å². The first kappa shape index (κ1) is 22.2. The monoisotopic (exact) mass is 294 g/mol. The molecule has 0 aromatic carbocycles. The van der Waals surface area contributed by atoms with Gasteiger partial charge in [-0.2, -0.15) is 0 Å². The van der Waals surface area contributed by atoms with Crippen LogP contribution in [0.5, 0.6) is 0 Å². The number of aliphatic imine (C=N–C) groups is 1. The zero-order valence-corrected chi connectivity index (χ0v) is 15.5. The molecule has 2 heteroatoms. The fourth-order valence-electron chi connectivity index (χ4n) is 1.73. The molecule has 21 heavy (non-hydrogen) atoms. The van der Waals surface area contributed by atoms with Gasteiger partial charge in [-0.1, -0.05) is 60.1 Å². The number of allylic oxidation sites excluding steroid dienone is 3. The molecule has 1 unspecified atom stereocenters. The van der Waals surface area contributed by atoms with Crippen molar-refractivity contribution in [2.75, 3.05) is 6.67 Å². The zero-order valence-electron chi connectivity index (χ0n) is 15.5. The molecule has 0 saturated carbocycles. The summed E-state index contributed by atoms with van der Waals surface area (Å²) in [5, 5.41) is 0. The minimum absolute atomic E-state index is 0.522. The topological polar surface area (TPSA) is 15.6 Å². The molecule has 0 rings (SSSR count). The quantitative estimate of drug-likeness (QED) is 0.472. The molecule has 0 radical (unpaired) electrons. The van der Waals surface area contributed by atoms with Gasteiger partial charge in [-0.25, -0.2) is 0 Å². The fraction of sp³-hybridized carbons (Fsp3) is 0.737. The number of rotatable bonds is 9. The molecule has 0 aliphatic heterocycles. The van der Waals surface area contributed by atoms with Gasteiger partial charge in [0, 0.05) is 18.0 Å². The highest BCUT2D eigenvalue weighted by Gasteiger charge is 2.10. The van der Waals surface area contributed by atoms with Gasteiger partial charge in [-0.15, -0.1) is 0 Å². The average Bonchev–Trinajstić information content (AvgIpc) is 2.37. The van der Waals surface area contributed by atoms with Crippen LogP contribution in [0.4, 0.5) is 0 Å². The Balaban J connectivity index is 0. The Morgan fingerprint density at radius 1 is 1.14 bits per heavy atom. The number of nitrogens with zero attached hydrogens (tertiary/aromatic N) is 2. The molecule has 0 aliphatic carbocycles. The summed E-state index contributed by atoms with van der Waals surface area (Å²) in [5.41, 5.74) is 1.10. The van der Waals surface area contributed by atoms with E-state index in [1.54, 1.807) is 0 Å². The molecule has 0 aromatic rings. The van der Waals surface area contributed by atoms with Gasteiger partial charge in [-0.05, 0) is 38.7 Å². The van der Waals surface area contributed by atoms with Gasteiger partial charge in [0.1, 0.15) is 6.67 Å². The van der Waals surface area contributed by atoms with Crippen LogP contribution in [0.25, 0.3) is 0 Å². The van der Waals surface area contributed by atoms with Crippen molar-refractivity contribution in [2.24, 2.45) is 10.9 Å². The molecule has 0 fully saturated rings. The van der Waals surface area contributed by atoms with Gasteiger partial charge < -0.3 is 4.90 Å². The van der Waals surface area contributed by atoms with Gasteiger partial charge in [0.05, 0.1) is 0 Å². The summed E-state index contributed by atoms with van der Waals surface area (Å²) in [6.07, 6.45) is 10.8. The lowest BCUT2D eigenvalue weighted by Gasteiger charge is -2.29. The second-order valence-corrected chi connectivity index (χ2v) is 6.26. The van der Waals surface area contributed by atoms with Gasteiger partial charge in [0.2, 0.25) is 0 Å². The summed E-state index contributed by atoms with van der Waals surface area (Å²) in [7, 11) is 0. The SMILES string of the molecule is C=C(C)N(C/N=C\C=C\CCC)C(C)CCC.CC(C)C. The van der Waals surface area contributed by atoms with E-state index in [2.05, 4.69) is 71.0 Å². The van der Waals surface area contributed by atoms with Crippen molar-refractivity contribution in [2.45, 2.75) is 80.2 Å². The molecule has 0 aliphatic rings. The van der Waals surface area contributed by atoms with Crippen molar-refractivity contribution in [1.29, 1.82) is 0 Å². The molecule has 0 aromatic heterocycles. The summed E-state index contributed by atoms with van der Waals surface area (Å²) in [5.74, 6) is 0.833. The molecule has 0 heterocycles. The highest BCUT2D eigenvalue weighted by Crippen LogP contribution is 2.11. The maximum absolute atomic E-state index is 4.42. The summed E-state index contributed by atoms with van der Waals surface area (Å²) >= 11 is 0. The van der Waals surface area contributed by atoms with Crippen LogP contribution in [0.15, 0.2) is 29.4 Å². The first-order chi connectivity index (χ1) is 9.86. The van der Waals surface area contributed by atoms with Crippen molar-refractivity contribution < 1.29 is 0 Å². The first-order valence-electron chi connectivity index (χ1n) is 8.43. The van der Waals surface area contributed by atoms with E-state index in [1.165, 1.54) is 19.3 Å². The molecule has 2 nitrogen and oxygen atoms in total. The van der Waals surface area contributed by atoms with Crippen LogP contribution in [-0.4, -0.2) is 23.8 Å². The number of unbranched alkanes of at least 4 members (excludes halogenated alkanes) is 1. The normalized spacial score (nSPS) is 12.6. The Hall–Kier alpha value is -1.05. The molecule has 0 bridgehead atoms. The summed E-state index contributed by atoms with van der Waals surface area (Å²) in [6, 6.07) is 0.522. The van der Waals surface area contributed by atoms with Crippen LogP contribution < -0.4 is 0 Å². The predicted molar refractivity (Wildman–Crippen MR) is 98.9 cm³/mol. The Kier molecular flexibility index (Phi) is 16.2. The minimum Gasteiger partial charge on any atom is -0.354 e. The maximum Gasteiger partial charge on any atom is 0.110 e. The van der Waals surface area contributed by atoms with E-state index in [0.29, 0.717) is 12.7 Å². The highest BCUT2D eigenvalue weighted by atomic mass is 15.2. The third-order valence-corrected chi connectivity index (χ3v) is 2.75. The van der Waals surface area contributed by atoms with Crippen molar-refractivity contribution in [1.82, 2.24) is 4.90 Å². The molecule has 1 atom stereocenters. The van der Waals surface area contributed by atoms with E-state index >= 15 is 0 Å². The van der Waals surface area contributed by atoms with E-state index in [4.69, 9.17) is 0 Å². The smallest absolute Gasteiger partial charge is 0.110 e. The van der Waals surface area contributed by atoms with Crippen LogP contribution >= 0.6 is 0 Å². The van der Waals surface area contributed by atoms with E-state index in [-0.39, 0.29) is 0 Å². The Morgan fingerprint density at radius 3 is 2.14 bits per heavy atom. The maximum atomic E-state index is 4.42. The van der Waals surface area contributed by atoms with E-state index in [0.717, 1.165) is 18.0 Å². The number of hydrogen-bond acceptors (Lipinski definition) is 2. The third kappa shape index (κ3) is 16.9. The molecular formula is C19H38N2. The lowest BCUT2D eigenvalue weighted by Crippen LogP contribution is -2.31. The van der Waals surface area contributed by atoms with Crippen molar-refractivity contribution in [3.63, 3.8) is 0 Å². The van der Waals surface area contributed by atoms with E-state index < -0.39 is 0 Å². The first-order valence-corrected chi connectivity index (χ1v) is 8.43. The molecule has 0 saturated heterocycles. The third-order valence-electron chi connectivity index (χ3n) is 2.75. The Labute approximate surface area is 134 Å². The van der Waals surface area contributed by atoms with Crippen molar-refractivity contribution in [3.05, 3.63) is 24.4 Å². The summed E-state index contributed by atoms with van der Waals surface area (Å²) in [6.45, 7) is 19.9.